The minimum Gasteiger partial charge on any atom is -0.366 e. The Morgan fingerprint density at radius 3 is 2.19 bits per heavy atom. The van der Waals surface area contributed by atoms with Crippen molar-refractivity contribution in [2.75, 3.05) is 0 Å². The van der Waals surface area contributed by atoms with Crippen molar-refractivity contribution >= 4 is 16.7 Å². The Bertz CT molecular complexity index is 1260. The lowest BCUT2D eigenvalue weighted by atomic mass is 10.0. The van der Waals surface area contributed by atoms with Gasteiger partial charge in [0.05, 0.1) is 11.3 Å². The van der Waals surface area contributed by atoms with Crippen molar-refractivity contribution in [3.05, 3.63) is 112 Å². The summed E-state index contributed by atoms with van der Waals surface area (Å²) in [5.41, 5.74) is 7.62. The van der Waals surface area contributed by atoms with Crippen molar-refractivity contribution in [2.45, 2.75) is 26.7 Å². The number of carbonyl (C=O) groups excluding carboxylic acids is 1. The van der Waals surface area contributed by atoms with Gasteiger partial charge in [-0.15, -0.1) is 0 Å². The van der Waals surface area contributed by atoms with Crippen molar-refractivity contribution in [3.8, 4) is 5.69 Å². The molecule has 4 aromatic rings. The molecule has 31 heavy (non-hydrogen) atoms. The molecule has 1 aromatic heterocycles. The lowest BCUT2D eigenvalue weighted by Gasteiger charge is -2.15. The number of pyridine rings is 1. The zero-order valence-electron chi connectivity index (χ0n) is 17.6. The third kappa shape index (κ3) is 4.89. The Balaban J connectivity index is 0.000000254. The molecule has 0 atom stereocenters. The monoisotopic (exact) mass is 416 g/mol. The van der Waals surface area contributed by atoms with E-state index in [1.807, 2.05) is 0 Å². The number of hydrogen-bond donors (Lipinski definition) is 1. The predicted molar refractivity (Wildman–Crippen MR) is 123 cm³/mol. The van der Waals surface area contributed by atoms with Gasteiger partial charge in [0.15, 0.2) is 0 Å². The van der Waals surface area contributed by atoms with Crippen LogP contribution in [0, 0.1) is 12.7 Å². The molecule has 4 nitrogen and oxygen atoms in total. The number of hydrogen-bond acceptors (Lipinski definition) is 2. The summed E-state index contributed by atoms with van der Waals surface area (Å²) in [6, 6.07) is 23.0. The lowest BCUT2D eigenvalue weighted by molar-refractivity contribution is 0.100. The molecule has 0 saturated carbocycles. The number of primary amides is 1. The average molecular weight is 416 g/mol. The van der Waals surface area contributed by atoms with E-state index in [0.29, 0.717) is 22.2 Å². The number of benzene rings is 3. The Morgan fingerprint density at radius 2 is 1.58 bits per heavy atom. The third-order valence-corrected chi connectivity index (χ3v) is 5.02. The molecule has 0 unspecified atom stereocenters. The fraction of sp³-hybridized carbons (Fsp3) is 0.154. The molecular weight excluding hydrogens is 391 g/mol. The number of carbonyl (C=O) groups is 1. The van der Waals surface area contributed by atoms with E-state index in [4.69, 9.17) is 5.73 Å². The summed E-state index contributed by atoms with van der Waals surface area (Å²) in [5, 5.41) is 0.872. The van der Waals surface area contributed by atoms with Crippen LogP contribution in [0.3, 0.4) is 0 Å². The molecule has 0 aliphatic carbocycles. The van der Waals surface area contributed by atoms with E-state index in [1.54, 1.807) is 37.3 Å². The van der Waals surface area contributed by atoms with Gasteiger partial charge in [-0.2, -0.15) is 0 Å². The Kier molecular flexibility index (Phi) is 6.98. The van der Waals surface area contributed by atoms with Gasteiger partial charge in [-0.1, -0.05) is 67.9 Å². The van der Waals surface area contributed by atoms with Crippen LogP contribution >= 0.6 is 0 Å². The summed E-state index contributed by atoms with van der Waals surface area (Å²) < 4.78 is 14.8. The Morgan fingerprint density at radius 1 is 0.935 bits per heavy atom. The molecule has 2 N–H and O–H groups in total. The zero-order valence-corrected chi connectivity index (χ0v) is 17.6. The number of aryl methyl sites for hydroxylation is 1. The van der Waals surface area contributed by atoms with E-state index in [9.17, 15) is 14.0 Å². The fourth-order valence-corrected chi connectivity index (χ4v) is 3.64. The van der Waals surface area contributed by atoms with Crippen LogP contribution < -0.4 is 11.3 Å². The van der Waals surface area contributed by atoms with E-state index in [0.717, 1.165) is 0 Å². The number of amides is 1. The van der Waals surface area contributed by atoms with Crippen molar-refractivity contribution in [1.29, 1.82) is 0 Å². The quantitative estimate of drug-likeness (QED) is 0.498. The summed E-state index contributed by atoms with van der Waals surface area (Å²) in [6.07, 6.45) is 2.45. The van der Waals surface area contributed by atoms with Crippen LogP contribution in [-0.4, -0.2) is 10.5 Å². The smallest absolute Gasteiger partial charge is 0.263 e. The zero-order chi connectivity index (χ0) is 22.4. The van der Waals surface area contributed by atoms with Gasteiger partial charge < -0.3 is 5.73 Å². The highest BCUT2D eigenvalue weighted by atomic mass is 19.1. The first-order chi connectivity index (χ1) is 14.9. The highest BCUT2D eigenvalue weighted by molar-refractivity contribution is 6.07. The second kappa shape index (κ2) is 9.85. The Hall–Kier alpha value is -3.73. The topological polar surface area (TPSA) is 65.1 Å². The molecule has 0 aliphatic rings. The van der Waals surface area contributed by atoms with Crippen LogP contribution in [0.15, 0.2) is 83.7 Å². The molecule has 0 fully saturated rings. The largest absolute Gasteiger partial charge is 0.366 e. The number of nitrogens with two attached hydrogens (primary N) is 1. The molecule has 158 valence electrons. The number of rotatable bonds is 4. The van der Waals surface area contributed by atoms with Gasteiger partial charge in [0, 0.05) is 16.5 Å². The Labute approximate surface area is 180 Å². The second-order valence-electron chi connectivity index (χ2n) is 7.23. The van der Waals surface area contributed by atoms with Crippen molar-refractivity contribution in [2.24, 2.45) is 5.73 Å². The van der Waals surface area contributed by atoms with Gasteiger partial charge in [-0.25, -0.2) is 4.39 Å². The van der Waals surface area contributed by atoms with Gasteiger partial charge in [0.1, 0.15) is 5.82 Å². The highest BCUT2D eigenvalue weighted by Crippen LogP contribution is 2.21. The summed E-state index contributed by atoms with van der Waals surface area (Å²) in [7, 11) is 0. The molecule has 1 amide bonds. The van der Waals surface area contributed by atoms with E-state index >= 15 is 0 Å². The molecule has 0 radical (unpaired) electrons. The van der Waals surface area contributed by atoms with Crippen LogP contribution in [0.1, 0.15) is 35.0 Å². The number of fused-ring (bicyclic) bond motifs is 1. The summed E-state index contributed by atoms with van der Waals surface area (Å²) in [6.45, 7) is 3.83. The highest BCUT2D eigenvalue weighted by Gasteiger charge is 2.18. The molecular formula is C26H25FN2O2. The summed E-state index contributed by atoms with van der Waals surface area (Å²) in [4.78, 5) is 24.6. The molecule has 0 bridgehead atoms. The molecule has 5 heteroatoms. The third-order valence-electron chi connectivity index (χ3n) is 5.02. The molecule has 4 rings (SSSR count). The molecule has 3 aromatic carbocycles. The van der Waals surface area contributed by atoms with E-state index < -0.39 is 11.7 Å². The predicted octanol–water partition coefficient (Wildman–Crippen LogP) is 5.18. The minimum atomic E-state index is -0.626. The molecule has 0 aliphatic heterocycles. The number of aromatic nitrogens is 1. The van der Waals surface area contributed by atoms with Crippen LogP contribution in [0.2, 0.25) is 0 Å². The first-order valence-electron chi connectivity index (χ1n) is 10.2. The summed E-state index contributed by atoms with van der Waals surface area (Å²) >= 11 is 0. The van der Waals surface area contributed by atoms with Gasteiger partial charge in [0.25, 0.3) is 11.5 Å². The average Bonchev–Trinajstić information content (AvgIpc) is 2.75. The van der Waals surface area contributed by atoms with Gasteiger partial charge in [-0.05, 0) is 43.2 Å². The maximum atomic E-state index is 13.5. The second-order valence-corrected chi connectivity index (χ2v) is 7.23. The summed E-state index contributed by atoms with van der Waals surface area (Å²) in [5.74, 6) is -1.09. The first-order valence-corrected chi connectivity index (χ1v) is 10.2. The molecule has 0 spiro atoms. The van der Waals surface area contributed by atoms with Crippen molar-refractivity contribution < 1.29 is 9.18 Å². The standard InChI is InChI=1S/C17H13FN2O2.C9H12/c1-10-15(16(19)21)13-7-2-3-8-14(13)17(22)20(10)12-6-4-5-11(18)9-12;1-2-6-9-7-4-3-5-8-9/h2-9H,1H3,(H2,19,21);3-5,7-8H,2,6H2,1H3. The van der Waals surface area contributed by atoms with E-state index in [-0.39, 0.29) is 11.1 Å². The van der Waals surface area contributed by atoms with Crippen LogP contribution in [0.4, 0.5) is 4.39 Å². The van der Waals surface area contributed by atoms with Gasteiger partial charge in [0.2, 0.25) is 0 Å². The van der Waals surface area contributed by atoms with Crippen LogP contribution in [-0.2, 0) is 6.42 Å². The first kappa shape index (κ1) is 22.0. The van der Waals surface area contributed by atoms with E-state index in [2.05, 4.69) is 37.3 Å². The maximum absolute atomic E-state index is 13.5. The lowest BCUT2D eigenvalue weighted by Crippen LogP contribution is -2.26. The number of nitrogens with zero attached hydrogens (tertiary/aromatic N) is 1. The molecule has 0 saturated heterocycles. The minimum absolute atomic E-state index is 0.263. The van der Waals surface area contributed by atoms with Gasteiger partial charge >= 0.3 is 0 Å². The fourth-order valence-electron chi connectivity index (χ4n) is 3.64. The molecule has 1 heterocycles. The van der Waals surface area contributed by atoms with Crippen molar-refractivity contribution in [1.82, 2.24) is 4.57 Å². The van der Waals surface area contributed by atoms with E-state index in [1.165, 1.54) is 41.2 Å². The number of halogens is 1. The van der Waals surface area contributed by atoms with Crippen LogP contribution in [0.25, 0.3) is 16.5 Å². The SMILES string of the molecule is CCCc1ccccc1.Cc1c(C(N)=O)c2ccccc2c(=O)n1-c1cccc(F)c1. The van der Waals surface area contributed by atoms with Crippen molar-refractivity contribution in [3.63, 3.8) is 0 Å². The maximum Gasteiger partial charge on any atom is 0.263 e. The van der Waals surface area contributed by atoms with Crippen LogP contribution in [0.5, 0.6) is 0 Å². The van der Waals surface area contributed by atoms with Gasteiger partial charge in [-0.3, -0.25) is 14.2 Å². The normalized spacial score (nSPS) is 10.4.